The highest BCUT2D eigenvalue weighted by Gasteiger charge is 2.30. The Bertz CT molecular complexity index is 370. The van der Waals surface area contributed by atoms with Crippen molar-refractivity contribution >= 4 is 17.3 Å². The normalized spacial score (nSPS) is 20.1. The molecule has 0 spiro atoms. The molecule has 2 rings (SSSR count). The van der Waals surface area contributed by atoms with Crippen LogP contribution in [0.4, 0.5) is 5.69 Å². The molecule has 1 aromatic rings. The molecule has 1 aromatic carbocycles. The van der Waals surface area contributed by atoms with E-state index in [9.17, 15) is 0 Å². The SMILES string of the molecule is CC(C)(C)C1CNc2ccc(Cl)cc2O1. The first-order valence-electron chi connectivity index (χ1n) is 5.17. The lowest BCUT2D eigenvalue weighted by Gasteiger charge is -2.35. The Morgan fingerprint density at radius 3 is 2.80 bits per heavy atom. The Hall–Kier alpha value is -0.890. The number of ether oxygens (including phenoxy) is 1. The Kier molecular flexibility index (Phi) is 2.55. The van der Waals surface area contributed by atoms with Crippen molar-refractivity contribution in [2.24, 2.45) is 5.41 Å². The number of benzene rings is 1. The van der Waals surface area contributed by atoms with Crippen LogP contribution in [-0.2, 0) is 0 Å². The average molecular weight is 226 g/mol. The largest absolute Gasteiger partial charge is 0.486 e. The van der Waals surface area contributed by atoms with E-state index in [2.05, 4.69) is 26.1 Å². The third-order valence-electron chi connectivity index (χ3n) is 2.66. The smallest absolute Gasteiger partial charge is 0.144 e. The van der Waals surface area contributed by atoms with Crippen molar-refractivity contribution in [3.05, 3.63) is 23.2 Å². The summed E-state index contributed by atoms with van der Waals surface area (Å²) >= 11 is 5.93. The van der Waals surface area contributed by atoms with Crippen LogP contribution in [0.2, 0.25) is 5.02 Å². The lowest BCUT2D eigenvalue weighted by molar-refractivity contribution is 0.0922. The number of hydrogen-bond donors (Lipinski definition) is 1. The quantitative estimate of drug-likeness (QED) is 0.729. The van der Waals surface area contributed by atoms with Gasteiger partial charge in [-0.1, -0.05) is 32.4 Å². The third kappa shape index (κ3) is 2.20. The highest BCUT2D eigenvalue weighted by atomic mass is 35.5. The van der Waals surface area contributed by atoms with Gasteiger partial charge in [-0.15, -0.1) is 0 Å². The van der Waals surface area contributed by atoms with Crippen LogP contribution in [0.15, 0.2) is 18.2 Å². The van der Waals surface area contributed by atoms with Crippen LogP contribution in [0.3, 0.4) is 0 Å². The molecule has 1 aliphatic rings. The summed E-state index contributed by atoms with van der Waals surface area (Å²) in [6.45, 7) is 7.37. The summed E-state index contributed by atoms with van der Waals surface area (Å²) in [6, 6.07) is 5.69. The molecule has 3 heteroatoms. The second-order valence-electron chi connectivity index (χ2n) is 4.99. The summed E-state index contributed by atoms with van der Waals surface area (Å²) in [7, 11) is 0. The predicted octanol–water partition coefficient (Wildman–Crippen LogP) is 3.56. The van der Waals surface area contributed by atoms with E-state index in [1.54, 1.807) is 0 Å². The minimum atomic E-state index is 0.132. The van der Waals surface area contributed by atoms with Gasteiger partial charge in [0, 0.05) is 16.5 Å². The van der Waals surface area contributed by atoms with E-state index < -0.39 is 0 Å². The first kappa shape index (κ1) is 10.6. The molecule has 0 saturated carbocycles. The monoisotopic (exact) mass is 225 g/mol. The second-order valence-corrected chi connectivity index (χ2v) is 5.43. The van der Waals surface area contributed by atoms with Gasteiger partial charge in [0.2, 0.25) is 0 Å². The minimum Gasteiger partial charge on any atom is -0.486 e. The van der Waals surface area contributed by atoms with Crippen LogP contribution in [0, 0.1) is 5.41 Å². The van der Waals surface area contributed by atoms with Gasteiger partial charge in [-0.2, -0.15) is 0 Å². The minimum absolute atomic E-state index is 0.132. The van der Waals surface area contributed by atoms with Gasteiger partial charge in [-0.25, -0.2) is 0 Å². The van der Waals surface area contributed by atoms with Crippen LogP contribution < -0.4 is 10.1 Å². The number of anilines is 1. The lowest BCUT2D eigenvalue weighted by atomic mass is 9.88. The average Bonchev–Trinajstić information content (AvgIpc) is 2.15. The third-order valence-corrected chi connectivity index (χ3v) is 2.89. The Balaban J connectivity index is 2.26. The zero-order chi connectivity index (χ0) is 11.1. The number of hydrogen-bond acceptors (Lipinski definition) is 2. The highest BCUT2D eigenvalue weighted by molar-refractivity contribution is 6.30. The summed E-state index contributed by atoms with van der Waals surface area (Å²) in [5.74, 6) is 0.855. The van der Waals surface area contributed by atoms with E-state index in [1.165, 1.54) is 0 Å². The van der Waals surface area contributed by atoms with Gasteiger partial charge < -0.3 is 10.1 Å². The fourth-order valence-corrected chi connectivity index (χ4v) is 1.78. The molecule has 2 nitrogen and oxygen atoms in total. The topological polar surface area (TPSA) is 21.3 Å². The van der Waals surface area contributed by atoms with Gasteiger partial charge in [0.1, 0.15) is 11.9 Å². The van der Waals surface area contributed by atoms with Crippen molar-refractivity contribution in [3.8, 4) is 5.75 Å². The summed E-state index contributed by atoms with van der Waals surface area (Å²) in [5, 5.41) is 4.08. The van der Waals surface area contributed by atoms with Gasteiger partial charge >= 0.3 is 0 Å². The summed E-state index contributed by atoms with van der Waals surface area (Å²) in [6.07, 6.45) is 0.184. The van der Waals surface area contributed by atoms with Gasteiger partial charge in [-0.05, 0) is 12.1 Å². The molecule has 0 aromatic heterocycles. The van der Waals surface area contributed by atoms with E-state index in [1.807, 2.05) is 18.2 Å². The maximum atomic E-state index is 5.93. The molecular formula is C12H16ClNO. The molecule has 0 bridgehead atoms. The van der Waals surface area contributed by atoms with E-state index in [-0.39, 0.29) is 11.5 Å². The standard InChI is InChI=1S/C12H16ClNO/c1-12(2,3)11-7-14-9-5-4-8(13)6-10(9)15-11/h4-6,11,14H,7H2,1-3H3. The molecule has 0 fully saturated rings. The van der Waals surface area contributed by atoms with Gasteiger partial charge in [-0.3, -0.25) is 0 Å². The lowest BCUT2D eigenvalue weighted by Crippen LogP contribution is -2.40. The second kappa shape index (κ2) is 3.60. The predicted molar refractivity (Wildman–Crippen MR) is 63.8 cm³/mol. The van der Waals surface area contributed by atoms with Crippen molar-refractivity contribution in [2.45, 2.75) is 26.9 Å². The van der Waals surface area contributed by atoms with Crippen molar-refractivity contribution in [1.29, 1.82) is 0 Å². The molecule has 1 unspecified atom stereocenters. The van der Waals surface area contributed by atoms with Crippen LogP contribution in [0.1, 0.15) is 20.8 Å². The number of halogens is 1. The molecular weight excluding hydrogens is 210 g/mol. The zero-order valence-electron chi connectivity index (χ0n) is 9.30. The Morgan fingerprint density at radius 2 is 2.13 bits per heavy atom. The van der Waals surface area contributed by atoms with Crippen molar-refractivity contribution < 1.29 is 4.74 Å². The highest BCUT2D eigenvalue weighted by Crippen LogP contribution is 2.35. The molecule has 82 valence electrons. The maximum absolute atomic E-state index is 5.93. The first-order valence-corrected chi connectivity index (χ1v) is 5.55. The number of rotatable bonds is 0. The summed E-state index contributed by atoms with van der Waals surface area (Å²) in [5.41, 5.74) is 1.16. The van der Waals surface area contributed by atoms with Crippen LogP contribution in [-0.4, -0.2) is 12.6 Å². The Labute approximate surface area is 95.6 Å². The zero-order valence-corrected chi connectivity index (χ0v) is 10.1. The van der Waals surface area contributed by atoms with Crippen molar-refractivity contribution in [2.75, 3.05) is 11.9 Å². The summed E-state index contributed by atoms with van der Waals surface area (Å²) < 4.78 is 5.93. The molecule has 1 aliphatic heterocycles. The fraction of sp³-hybridized carbons (Fsp3) is 0.500. The Morgan fingerprint density at radius 1 is 1.40 bits per heavy atom. The van der Waals surface area contributed by atoms with E-state index >= 15 is 0 Å². The first-order chi connectivity index (χ1) is 6.97. The van der Waals surface area contributed by atoms with Crippen molar-refractivity contribution in [3.63, 3.8) is 0 Å². The van der Waals surface area contributed by atoms with E-state index in [4.69, 9.17) is 16.3 Å². The van der Waals surface area contributed by atoms with Gasteiger partial charge in [0.25, 0.3) is 0 Å². The fourth-order valence-electron chi connectivity index (χ4n) is 1.62. The molecule has 0 saturated heterocycles. The van der Waals surface area contributed by atoms with Crippen LogP contribution >= 0.6 is 11.6 Å². The molecule has 15 heavy (non-hydrogen) atoms. The summed E-state index contributed by atoms with van der Waals surface area (Å²) in [4.78, 5) is 0. The molecule has 0 amide bonds. The molecule has 1 N–H and O–H groups in total. The number of nitrogens with one attached hydrogen (secondary N) is 1. The molecule has 0 radical (unpaired) electrons. The van der Waals surface area contributed by atoms with Crippen LogP contribution in [0.25, 0.3) is 0 Å². The number of fused-ring (bicyclic) bond motifs is 1. The molecule has 1 atom stereocenters. The maximum Gasteiger partial charge on any atom is 0.144 e. The van der Waals surface area contributed by atoms with Gasteiger partial charge in [0.15, 0.2) is 0 Å². The molecule has 1 heterocycles. The van der Waals surface area contributed by atoms with Crippen LogP contribution in [0.5, 0.6) is 5.75 Å². The molecule has 0 aliphatic carbocycles. The van der Waals surface area contributed by atoms with E-state index in [0.717, 1.165) is 18.0 Å². The van der Waals surface area contributed by atoms with Crippen molar-refractivity contribution in [1.82, 2.24) is 0 Å². The van der Waals surface area contributed by atoms with Gasteiger partial charge in [0.05, 0.1) is 12.2 Å². The van der Waals surface area contributed by atoms with E-state index in [0.29, 0.717) is 5.02 Å².